The summed E-state index contributed by atoms with van der Waals surface area (Å²) < 4.78 is 5.31. The quantitative estimate of drug-likeness (QED) is 0.767. The fourth-order valence-corrected chi connectivity index (χ4v) is 3.21. The highest BCUT2D eigenvalue weighted by Crippen LogP contribution is 2.49. The van der Waals surface area contributed by atoms with Crippen molar-refractivity contribution in [3.63, 3.8) is 0 Å². The summed E-state index contributed by atoms with van der Waals surface area (Å²) in [5, 5.41) is 0. The van der Waals surface area contributed by atoms with Crippen LogP contribution >= 0.6 is 0 Å². The highest BCUT2D eigenvalue weighted by Gasteiger charge is 2.35. The molecule has 1 aliphatic carbocycles. The molecule has 0 unspecified atom stereocenters. The summed E-state index contributed by atoms with van der Waals surface area (Å²) in [4.78, 5) is 0. The minimum absolute atomic E-state index is 0.0854. The van der Waals surface area contributed by atoms with Gasteiger partial charge in [0.1, 0.15) is 0 Å². The Morgan fingerprint density at radius 1 is 1.00 bits per heavy atom. The van der Waals surface area contributed by atoms with Gasteiger partial charge in [0.2, 0.25) is 0 Å². The van der Waals surface area contributed by atoms with E-state index in [1.807, 2.05) is 0 Å². The lowest BCUT2D eigenvalue weighted by Gasteiger charge is -2.22. The van der Waals surface area contributed by atoms with Crippen molar-refractivity contribution in [3.8, 4) is 11.1 Å². The van der Waals surface area contributed by atoms with E-state index in [4.69, 9.17) is 4.74 Å². The second-order valence-corrected chi connectivity index (χ2v) is 5.93. The van der Waals surface area contributed by atoms with Crippen LogP contribution in [0.4, 0.5) is 0 Å². The molecule has 98 valence electrons. The molecule has 0 aromatic heterocycles. The molecule has 0 bridgehead atoms. The first-order valence-electron chi connectivity index (χ1n) is 6.78. The largest absolute Gasteiger partial charge is 0.380 e. The van der Waals surface area contributed by atoms with Crippen LogP contribution in [0.15, 0.2) is 36.4 Å². The van der Waals surface area contributed by atoms with Crippen LogP contribution < -0.4 is 0 Å². The Hall–Kier alpha value is -1.60. The number of hydrogen-bond donors (Lipinski definition) is 0. The van der Waals surface area contributed by atoms with Gasteiger partial charge in [-0.15, -0.1) is 0 Å². The van der Waals surface area contributed by atoms with Gasteiger partial charge in [-0.25, -0.2) is 0 Å². The molecule has 0 fully saturated rings. The molecule has 2 aromatic carbocycles. The number of aryl methyl sites for hydroxylation is 1. The molecule has 1 aliphatic rings. The van der Waals surface area contributed by atoms with E-state index in [1.54, 1.807) is 7.11 Å². The highest BCUT2D eigenvalue weighted by atomic mass is 16.5. The van der Waals surface area contributed by atoms with Crippen molar-refractivity contribution in [3.05, 3.63) is 58.7 Å². The van der Waals surface area contributed by atoms with Crippen LogP contribution in [0, 0.1) is 6.92 Å². The van der Waals surface area contributed by atoms with E-state index in [0.717, 1.165) is 0 Å². The molecule has 3 rings (SSSR count). The van der Waals surface area contributed by atoms with Gasteiger partial charge in [0.15, 0.2) is 0 Å². The second kappa shape index (κ2) is 4.21. The highest BCUT2D eigenvalue weighted by molar-refractivity contribution is 5.81. The first kappa shape index (κ1) is 12.4. The zero-order chi connectivity index (χ0) is 13.6. The molecular formula is C18H20O. The van der Waals surface area contributed by atoms with Gasteiger partial charge in [-0.1, -0.05) is 50.2 Å². The Labute approximate surface area is 115 Å². The van der Waals surface area contributed by atoms with Gasteiger partial charge in [-0.2, -0.15) is 0 Å². The number of benzene rings is 2. The molecule has 0 amide bonds. The van der Waals surface area contributed by atoms with Crippen molar-refractivity contribution in [2.24, 2.45) is 0 Å². The fraction of sp³-hybridized carbons (Fsp3) is 0.333. The molecule has 19 heavy (non-hydrogen) atoms. The van der Waals surface area contributed by atoms with E-state index in [1.165, 1.54) is 33.4 Å². The summed E-state index contributed by atoms with van der Waals surface area (Å²) in [6.07, 6.45) is 0. The third-order valence-corrected chi connectivity index (χ3v) is 4.34. The van der Waals surface area contributed by atoms with Gasteiger partial charge < -0.3 is 4.74 Å². The van der Waals surface area contributed by atoms with E-state index in [-0.39, 0.29) is 5.41 Å². The van der Waals surface area contributed by atoms with Crippen LogP contribution in [0.1, 0.15) is 36.1 Å². The Morgan fingerprint density at radius 2 is 1.74 bits per heavy atom. The molecule has 0 spiro atoms. The summed E-state index contributed by atoms with van der Waals surface area (Å²) >= 11 is 0. The molecule has 0 heterocycles. The summed E-state index contributed by atoms with van der Waals surface area (Å²) in [6, 6.07) is 13.4. The first-order chi connectivity index (χ1) is 9.05. The Balaban J connectivity index is 2.27. The average molecular weight is 252 g/mol. The Morgan fingerprint density at radius 3 is 2.47 bits per heavy atom. The van der Waals surface area contributed by atoms with Crippen molar-refractivity contribution in [1.29, 1.82) is 0 Å². The lowest BCUT2D eigenvalue weighted by atomic mass is 9.81. The molecule has 0 N–H and O–H groups in total. The van der Waals surface area contributed by atoms with Crippen molar-refractivity contribution in [2.75, 3.05) is 7.11 Å². The van der Waals surface area contributed by atoms with E-state index >= 15 is 0 Å². The normalized spacial score (nSPS) is 15.2. The van der Waals surface area contributed by atoms with E-state index < -0.39 is 0 Å². The molecule has 0 atom stereocenters. The van der Waals surface area contributed by atoms with Crippen molar-refractivity contribution < 1.29 is 4.74 Å². The van der Waals surface area contributed by atoms with Gasteiger partial charge in [0.25, 0.3) is 0 Å². The topological polar surface area (TPSA) is 9.23 Å². The predicted molar refractivity (Wildman–Crippen MR) is 79.5 cm³/mol. The van der Waals surface area contributed by atoms with Gasteiger partial charge in [0, 0.05) is 12.5 Å². The molecule has 1 heteroatoms. The maximum absolute atomic E-state index is 5.31. The zero-order valence-electron chi connectivity index (χ0n) is 12.1. The second-order valence-electron chi connectivity index (χ2n) is 5.93. The van der Waals surface area contributed by atoms with Gasteiger partial charge in [-0.3, -0.25) is 0 Å². The van der Waals surface area contributed by atoms with Crippen LogP contribution in [-0.4, -0.2) is 7.11 Å². The van der Waals surface area contributed by atoms with Crippen molar-refractivity contribution in [2.45, 2.75) is 32.8 Å². The standard InChI is InChI=1S/C18H20O/c1-12-9-15-14-7-5-6-8-16(14)18(2,3)17(15)10-13(12)11-19-4/h5-10H,11H2,1-4H3. The Kier molecular flexibility index (Phi) is 2.75. The Bertz CT molecular complexity index is 638. The maximum Gasteiger partial charge on any atom is 0.0715 e. The van der Waals surface area contributed by atoms with Gasteiger partial charge >= 0.3 is 0 Å². The van der Waals surface area contributed by atoms with Crippen molar-refractivity contribution in [1.82, 2.24) is 0 Å². The van der Waals surface area contributed by atoms with E-state index in [2.05, 4.69) is 57.2 Å². The predicted octanol–water partition coefficient (Wildman–Crippen LogP) is 4.45. The lowest BCUT2D eigenvalue weighted by Crippen LogP contribution is -2.15. The monoisotopic (exact) mass is 252 g/mol. The lowest BCUT2D eigenvalue weighted by molar-refractivity contribution is 0.184. The summed E-state index contributed by atoms with van der Waals surface area (Å²) in [5.74, 6) is 0. The molecule has 0 aliphatic heterocycles. The number of ether oxygens (including phenoxy) is 1. The number of rotatable bonds is 2. The van der Waals surface area contributed by atoms with Crippen LogP contribution in [0.2, 0.25) is 0 Å². The van der Waals surface area contributed by atoms with Crippen LogP contribution in [0.5, 0.6) is 0 Å². The molecular weight excluding hydrogens is 232 g/mol. The first-order valence-corrected chi connectivity index (χ1v) is 6.78. The smallest absolute Gasteiger partial charge is 0.0715 e. The summed E-state index contributed by atoms with van der Waals surface area (Å²) in [6.45, 7) is 7.47. The number of methoxy groups -OCH3 is 1. The SMILES string of the molecule is COCc1cc2c(cc1C)-c1ccccc1C2(C)C. The molecule has 1 nitrogen and oxygen atoms in total. The number of hydrogen-bond acceptors (Lipinski definition) is 1. The zero-order valence-corrected chi connectivity index (χ0v) is 12.1. The van der Waals surface area contributed by atoms with Gasteiger partial charge in [-0.05, 0) is 40.3 Å². The average Bonchev–Trinajstić information content (AvgIpc) is 2.60. The van der Waals surface area contributed by atoms with Crippen LogP contribution in [0.3, 0.4) is 0 Å². The van der Waals surface area contributed by atoms with Gasteiger partial charge in [0.05, 0.1) is 6.61 Å². The summed E-state index contributed by atoms with van der Waals surface area (Å²) in [7, 11) is 1.76. The maximum atomic E-state index is 5.31. The minimum Gasteiger partial charge on any atom is -0.380 e. The summed E-state index contributed by atoms with van der Waals surface area (Å²) in [5.41, 5.74) is 8.32. The molecule has 0 radical (unpaired) electrons. The van der Waals surface area contributed by atoms with Crippen molar-refractivity contribution >= 4 is 0 Å². The minimum atomic E-state index is 0.0854. The molecule has 0 saturated carbocycles. The fourth-order valence-electron chi connectivity index (χ4n) is 3.21. The third kappa shape index (κ3) is 1.73. The van der Waals surface area contributed by atoms with Crippen LogP contribution in [0.25, 0.3) is 11.1 Å². The molecule has 0 saturated heterocycles. The van der Waals surface area contributed by atoms with E-state index in [0.29, 0.717) is 6.61 Å². The molecule has 2 aromatic rings. The third-order valence-electron chi connectivity index (χ3n) is 4.34. The van der Waals surface area contributed by atoms with Crippen LogP contribution in [-0.2, 0) is 16.8 Å². The number of fused-ring (bicyclic) bond motifs is 3. The van der Waals surface area contributed by atoms with E-state index in [9.17, 15) is 0 Å².